The van der Waals surface area contributed by atoms with Gasteiger partial charge < -0.3 is 4.90 Å². The molecule has 3 heteroatoms. The molecule has 1 N–H and O–H groups in total. The molecule has 2 fully saturated rings. The van der Waals surface area contributed by atoms with Crippen LogP contribution in [0.1, 0.15) is 29.9 Å². The summed E-state index contributed by atoms with van der Waals surface area (Å²) < 4.78 is 0. The van der Waals surface area contributed by atoms with Gasteiger partial charge in [0.15, 0.2) is 0 Å². The lowest BCUT2D eigenvalue weighted by Gasteiger charge is -2.42. The molecule has 0 spiro atoms. The zero-order chi connectivity index (χ0) is 13.2. The van der Waals surface area contributed by atoms with Gasteiger partial charge in [-0.25, -0.2) is 5.01 Å². The fourth-order valence-corrected chi connectivity index (χ4v) is 3.03. The smallest absolute Gasteiger partial charge is 0.0259 e. The summed E-state index contributed by atoms with van der Waals surface area (Å²) >= 11 is 0. The quantitative estimate of drug-likeness (QED) is 0.895. The molecule has 3 nitrogen and oxygen atoms in total. The van der Waals surface area contributed by atoms with E-state index in [1.165, 1.54) is 37.1 Å². The first-order valence-electron chi connectivity index (χ1n) is 7.47. The average Bonchev–Trinajstić information content (AvgIpc) is 2.37. The first-order chi connectivity index (χ1) is 9.20. The second kappa shape index (κ2) is 5.61. The van der Waals surface area contributed by atoms with Crippen LogP contribution in [0.2, 0.25) is 0 Å². The highest BCUT2D eigenvalue weighted by Crippen LogP contribution is 2.37. The highest BCUT2D eigenvalue weighted by molar-refractivity contribution is 5.26. The Bertz CT molecular complexity index is 401. The molecule has 1 aromatic rings. The summed E-state index contributed by atoms with van der Waals surface area (Å²) in [5, 5.41) is 2.41. The predicted molar refractivity (Wildman–Crippen MR) is 79.1 cm³/mol. The lowest BCUT2D eigenvalue weighted by Crippen LogP contribution is -2.56. The van der Waals surface area contributed by atoms with Crippen molar-refractivity contribution in [2.24, 2.45) is 0 Å². The SMILES string of the molecule is Cc1ccc(C2CC(NN3CCN(C)CC3)C2)cc1. The fourth-order valence-electron chi connectivity index (χ4n) is 3.03. The van der Waals surface area contributed by atoms with E-state index in [0.717, 1.165) is 19.0 Å². The van der Waals surface area contributed by atoms with Gasteiger partial charge in [-0.3, -0.25) is 5.43 Å². The Hall–Kier alpha value is -0.900. The average molecular weight is 259 g/mol. The minimum absolute atomic E-state index is 0.690. The molecule has 1 aliphatic heterocycles. The van der Waals surface area contributed by atoms with Gasteiger partial charge in [-0.05, 0) is 38.3 Å². The number of benzene rings is 1. The predicted octanol–water partition coefficient (Wildman–Crippen LogP) is 1.99. The minimum atomic E-state index is 0.690. The van der Waals surface area contributed by atoms with E-state index >= 15 is 0 Å². The molecular formula is C16H25N3. The molecule has 0 atom stereocenters. The first-order valence-corrected chi connectivity index (χ1v) is 7.47. The molecule has 0 bridgehead atoms. The van der Waals surface area contributed by atoms with E-state index in [2.05, 4.69) is 53.6 Å². The van der Waals surface area contributed by atoms with Crippen LogP contribution in [0.25, 0.3) is 0 Å². The van der Waals surface area contributed by atoms with Gasteiger partial charge in [0.1, 0.15) is 0 Å². The van der Waals surface area contributed by atoms with Crippen LogP contribution in [0.4, 0.5) is 0 Å². The van der Waals surface area contributed by atoms with Crippen molar-refractivity contribution >= 4 is 0 Å². The van der Waals surface area contributed by atoms with Gasteiger partial charge in [0.2, 0.25) is 0 Å². The normalized spacial score (nSPS) is 29.2. The van der Waals surface area contributed by atoms with E-state index in [9.17, 15) is 0 Å². The summed E-state index contributed by atoms with van der Waals surface area (Å²) in [5.41, 5.74) is 6.57. The van der Waals surface area contributed by atoms with Crippen LogP contribution < -0.4 is 5.43 Å². The van der Waals surface area contributed by atoms with Crippen molar-refractivity contribution in [2.75, 3.05) is 33.2 Å². The zero-order valence-electron chi connectivity index (χ0n) is 12.1. The molecule has 0 unspecified atom stereocenters. The number of likely N-dealkylation sites (N-methyl/N-ethyl adjacent to an activating group) is 1. The Balaban J connectivity index is 1.44. The van der Waals surface area contributed by atoms with E-state index < -0.39 is 0 Å². The topological polar surface area (TPSA) is 18.5 Å². The van der Waals surface area contributed by atoms with Crippen molar-refractivity contribution in [3.63, 3.8) is 0 Å². The molecular weight excluding hydrogens is 234 g/mol. The third kappa shape index (κ3) is 3.16. The maximum atomic E-state index is 3.69. The maximum absolute atomic E-state index is 3.69. The molecule has 0 radical (unpaired) electrons. The molecule has 1 aromatic carbocycles. The maximum Gasteiger partial charge on any atom is 0.0259 e. The summed E-state index contributed by atoms with van der Waals surface area (Å²) in [6.07, 6.45) is 2.57. The van der Waals surface area contributed by atoms with Gasteiger partial charge >= 0.3 is 0 Å². The molecule has 1 aliphatic carbocycles. The van der Waals surface area contributed by atoms with Crippen molar-refractivity contribution in [2.45, 2.75) is 31.7 Å². The Labute approximate surface area is 116 Å². The zero-order valence-corrected chi connectivity index (χ0v) is 12.1. The molecule has 0 amide bonds. The van der Waals surface area contributed by atoms with E-state index in [0.29, 0.717) is 6.04 Å². The number of hydrogen-bond acceptors (Lipinski definition) is 3. The molecule has 0 aromatic heterocycles. The number of nitrogens with one attached hydrogen (secondary N) is 1. The second-order valence-corrected chi connectivity index (χ2v) is 6.20. The summed E-state index contributed by atoms with van der Waals surface area (Å²) in [4.78, 5) is 2.40. The third-order valence-electron chi connectivity index (χ3n) is 4.56. The van der Waals surface area contributed by atoms with Crippen molar-refractivity contribution in [3.05, 3.63) is 35.4 Å². The fraction of sp³-hybridized carbons (Fsp3) is 0.625. The van der Waals surface area contributed by atoms with Gasteiger partial charge in [0.05, 0.1) is 0 Å². The number of hydrogen-bond donors (Lipinski definition) is 1. The highest BCUT2D eigenvalue weighted by atomic mass is 15.5. The second-order valence-electron chi connectivity index (χ2n) is 6.20. The van der Waals surface area contributed by atoms with Gasteiger partial charge in [0.25, 0.3) is 0 Å². The van der Waals surface area contributed by atoms with Crippen LogP contribution >= 0.6 is 0 Å². The van der Waals surface area contributed by atoms with Crippen molar-refractivity contribution in [1.29, 1.82) is 0 Å². The molecule has 2 aliphatic rings. The molecule has 1 saturated heterocycles. The third-order valence-corrected chi connectivity index (χ3v) is 4.56. The lowest BCUT2D eigenvalue weighted by molar-refractivity contribution is 0.0628. The summed E-state index contributed by atoms with van der Waals surface area (Å²) in [6, 6.07) is 9.75. The van der Waals surface area contributed by atoms with Crippen LogP contribution in [0, 0.1) is 6.92 Å². The molecule has 1 saturated carbocycles. The van der Waals surface area contributed by atoms with Gasteiger partial charge in [-0.15, -0.1) is 0 Å². The lowest BCUT2D eigenvalue weighted by atomic mass is 9.76. The molecule has 19 heavy (non-hydrogen) atoms. The Morgan fingerprint density at radius 2 is 1.63 bits per heavy atom. The number of nitrogens with zero attached hydrogens (tertiary/aromatic N) is 2. The minimum Gasteiger partial charge on any atom is -0.304 e. The Kier molecular flexibility index (Phi) is 3.87. The number of piperazine rings is 1. The summed E-state index contributed by atoms with van der Waals surface area (Å²) in [7, 11) is 2.20. The number of aryl methyl sites for hydroxylation is 1. The van der Waals surface area contributed by atoms with Crippen molar-refractivity contribution in [1.82, 2.24) is 15.3 Å². The molecule has 1 heterocycles. The first kappa shape index (κ1) is 13.1. The van der Waals surface area contributed by atoms with Gasteiger partial charge in [0, 0.05) is 32.2 Å². The van der Waals surface area contributed by atoms with Gasteiger partial charge in [-0.1, -0.05) is 29.8 Å². The summed E-state index contributed by atoms with van der Waals surface area (Å²) in [6.45, 7) is 6.83. The van der Waals surface area contributed by atoms with Crippen LogP contribution in [0.3, 0.4) is 0 Å². The Morgan fingerprint density at radius 3 is 2.26 bits per heavy atom. The highest BCUT2D eigenvalue weighted by Gasteiger charge is 2.31. The largest absolute Gasteiger partial charge is 0.304 e. The van der Waals surface area contributed by atoms with E-state index in [-0.39, 0.29) is 0 Å². The van der Waals surface area contributed by atoms with E-state index in [1.807, 2.05) is 0 Å². The van der Waals surface area contributed by atoms with Crippen molar-refractivity contribution in [3.8, 4) is 0 Å². The van der Waals surface area contributed by atoms with Gasteiger partial charge in [-0.2, -0.15) is 0 Å². The van der Waals surface area contributed by atoms with E-state index in [4.69, 9.17) is 0 Å². The van der Waals surface area contributed by atoms with E-state index in [1.54, 1.807) is 0 Å². The Morgan fingerprint density at radius 1 is 1.00 bits per heavy atom. The van der Waals surface area contributed by atoms with Crippen LogP contribution in [-0.4, -0.2) is 49.2 Å². The molecule has 104 valence electrons. The summed E-state index contributed by atoms with van der Waals surface area (Å²) in [5.74, 6) is 0.769. The number of hydrazine groups is 1. The van der Waals surface area contributed by atoms with Crippen LogP contribution in [-0.2, 0) is 0 Å². The number of rotatable bonds is 3. The standard InChI is InChI=1S/C16H25N3/c1-13-3-5-14(6-4-13)15-11-16(12-15)17-19-9-7-18(2)8-10-19/h3-6,15-17H,7-12H2,1-2H3. The monoisotopic (exact) mass is 259 g/mol. The van der Waals surface area contributed by atoms with Crippen LogP contribution in [0.15, 0.2) is 24.3 Å². The van der Waals surface area contributed by atoms with Crippen LogP contribution in [0.5, 0.6) is 0 Å². The molecule has 3 rings (SSSR count). The van der Waals surface area contributed by atoms with Crippen molar-refractivity contribution < 1.29 is 0 Å².